The largest absolute Gasteiger partial charge is 0.493 e. The minimum atomic E-state index is -0.549. The fourth-order valence-corrected chi connectivity index (χ4v) is 4.17. The Hall–Kier alpha value is -3.33. The molecule has 1 aromatic heterocycles. The second kappa shape index (κ2) is 8.43. The first-order valence-corrected chi connectivity index (χ1v) is 10.4. The third-order valence-corrected chi connectivity index (χ3v) is 5.72. The van der Waals surface area contributed by atoms with E-state index < -0.39 is 11.9 Å². The molecule has 1 atom stereocenters. The Labute approximate surface area is 188 Å². The van der Waals surface area contributed by atoms with Crippen LogP contribution in [0.1, 0.15) is 29.7 Å². The first-order valence-electron chi connectivity index (χ1n) is 9.62. The number of amides is 1. The second-order valence-electron chi connectivity index (χ2n) is 7.27. The maximum Gasteiger partial charge on any atom is 0.248 e. The number of anilines is 1. The van der Waals surface area contributed by atoms with Crippen LogP contribution in [0.5, 0.6) is 11.5 Å². The lowest BCUT2D eigenvalue weighted by molar-refractivity contribution is -0.115. The topological polar surface area (TPSA) is 104 Å². The Morgan fingerprint density at radius 1 is 1.26 bits per heavy atom. The van der Waals surface area contributed by atoms with Gasteiger partial charge < -0.3 is 20.5 Å². The van der Waals surface area contributed by atoms with Crippen molar-refractivity contribution in [1.29, 1.82) is 0 Å². The van der Waals surface area contributed by atoms with Crippen LogP contribution in [-0.4, -0.2) is 27.8 Å². The molecule has 0 radical (unpaired) electrons. The van der Waals surface area contributed by atoms with E-state index in [0.717, 1.165) is 11.1 Å². The van der Waals surface area contributed by atoms with Crippen molar-refractivity contribution < 1.29 is 14.3 Å². The summed E-state index contributed by atoms with van der Waals surface area (Å²) in [4.78, 5) is 16.5. The summed E-state index contributed by atoms with van der Waals surface area (Å²) in [5, 5.41) is 7.35. The van der Waals surface area contributed by atoms with Gasteiger partial charge in [-0.2, -0.15) is 10.1 Å². The van der Waals surface area contributed by atoms with Gasteiger partial charge in [0.05, 0.1) is 17.2 Å². The highest BCUT2D eigenvalue weighted by molar-refractivity contribution is 9.10. The molecule has 0 unspecified atom stereocenters. The van der Waals surface area contributed by atoms with Gasteiger partial charge >= 0.3 is 0 Å². The summed E-state index contributed by atoms with van der Waals surface area (Å²) < 4.78 is 14.0. The van der Waals surface area contributed by atoms with Crippen molar-refractivity contribution in [3.63, 3.8) is 0 Å². The van der Waals surface area contributed by atoms with E-state index in [9.17, 15) is 4.79 Å². The van der Waals surface area contributed by atoms with Crippen LogP contribution < -0.4 is 20.5 Å². The van der Waals surface area contributed by atoms with Gasteiger partial charge in [0.25, 0.3) is 0 Å². The molecular formula is C22H22BrN5O3. The zero-order chi connectivity index (χ0) is 22.1. The van der Waals surface area contributed by atoms with Crippen LogP contribution in [0.4, 0.5) is 5.95 Å². The van der Waals surface area contributed by atoms with Gasteiger partial charge in [0.15, 0.2) is 11.5 Å². The van der Waals surface area contributed by atoms with Gasteiger partial charge in [-0.3, -0.25) is 4.79 Å². The van der Waals surface area contributed by atoms with Crippen molar-refractivity contribution in [3.05, 3.63) is 75.2 Å². The van der Waals surface area contributed by atoms with Gasteiger partial charge in [0.2, 0.25) is 11.9 Å². The third-order valence-electron chi connectivity index (χ3n) is 5.13. The number of primary amides is 1. The molecule has 0 bridgehead atoms. The minimum Gasteiger partial charge on any atom is -0.493 e. The number of allylic oxidation sites excluding steroid dienone is 1. The molecule has 4 rings (SSSR count). The van der Waals surface area contributed by atoms with Crippen LogP contribution in [0, 0.1) is 6.92 Å². The summed E-state index contributed by atoms with van der Waals surface area (Å²) in [5.41, 5.74) is 9.73. The van der Waals surface area contributed by atoms with Crippen LogP contribution in [0.25, 0.3) is 0 Å². The summed E-state index contributed by atoms with van der Waals surface area (Å²) in [6.45, 7) is 4.22. The zero-order valence-corrected chi connectivity index (χ0v) is 18.9. The average Bonchev–Trinajstić information content (AvgIpc) is 3.20. The van der Waals surface area contributed by atoms with Crippen molar-refractivity contribution in [2.45, 2.75) is 26.5 Å². The Morgan fingerprint density at radius 3 is 2.68 bits per heavy atom. The van der Waals surface area contributed by atoms with Crippen LogP contribution in [0.2, 0.25) is 0 Å². The fourth-order valence-electron chi connectivity index (χ4n) is 3.60. The van der Waals surface area contributed by atoms with E-state index in [4.69, 9.17) is 15.2 Å². The smallest absolute Gasteiger partial charge is 0.248 e. The van der Waals surface area contributed by atoms with Crippen LogP contribution in [0.15, 0.2) is 58.5 Å². The Morgan fingerprint density at radius 2 is 2.00 bits per heavy atom. The molecule has 9 heteroatoms. The van der Waals surface area contributed by atoms with E-state index in [2.05, 4.69) is 31.3 Å². The molecule has 1 aliphatic rings. The number of ether oxygens (including phenoxy) is 2. The summed E-state index contributed by atoms with van der Waals surface area (Å²) in [6.07, 6.45) is 1.43. The number of nitrogens with zero attached hydrogens (tertiary/aromatic N) is 3. The number of nitrogens with two attached hydrogens (primary N) is 1. The molecule has 0 saturated heterocycles. The van der Waals surface area contributed by atoms with Gasteiger partial charge in [0.1, 0.15) is 19.0 Å². The molecule has 0 aliphatic carbocycles. The molecular weight excluding hydrogens is 462 g/mol. The molecule has 0 spiro atoms. The van der Waals surface area contributed by atoms with E-state index in [1.165, 1.54) is 11.9 Å². The highest BCUT2D eigenvalue weighted by Gasteiger charge is 2.33. The zero-order valence-electron chi connectivity index (χ0n) is 17.3. The van der Waals surface area contributed by atoms with Crippen molar-refractivity contribution >= 4 is 27.8 Å². The van der Waals surface area contributed by atoms with E-state index in [-0.39, 0.29) is 0 Å². The number of benzene rings is 2. The van der Waals surface area contributed by atoms with E-state index in [0.29, 0.717) is 39.8 Å². The summed E-state index contributed by atoms with van der Waals surface area (Å²) in [5.74, 6) is 1.09. The van der Waals surface area contributed by atoms with Gasteiger partial charge in [-0.25, -0.2) is 4.68 Å². The average molecular weight is 484 g/mol. The first-order chi connectivity index (χ1) is 14.9. The van der Waals surface area contributed by atoms with Crippen LogP contribution in [-0.2, 0) is 11.4 Å². The number of methoxy groups -OCH3 is 1. The lowest BCUT2D eigenvalue weighted by Gasteiger charge is -2.28. The summed E-state index contributed by atoms with van der Waals surface area (Å²) >= 11 is 3.60. The number of hydrogen-bond donors (Lipinski definition) is 2. The van der Waals surface area contributed by atoms with Gasteiger partial charge in [-0.15, -0.1) is 0 Å². The summed E-state index contributed by atoms with van der Waals surface area (Å²) in [7, 11) is 1.57. The maximum atomic E-state index is 12.3. The fraction of sp³-hybridized carbons (Fsp3) is 0.227. The predicted molar refractivity (Wildman–Crippen MR) is 120 cm³/mol. The lowest BCUT2D eigenvalue weighted by Crippen LogP contribution is -2.31. The molecule has 3 aromatic rings. The quantitative estimate of drug-likeness (QED) is 0.553. The number of hydrogen-bond acceptors (Lipinski definition) is 6. The number of carbonyl (C=O) groups is 1. The molecule has 1 aliphatic heterocycles. The maximum absolute atomic E-state index is 12.3. The Balaban J connectivity index is 1.72. The SMILES string of the molecule is COc1cc([C@H]2C(C(N)=O)=C(C)Nc3ncnn32)cc(Br)c1OCc1ccc(C)cc1. The van der Waals surface area contributed by atoms with Crippen molar-refractivity contribution in [1.82, 2.24) is 14.8 Å². The van der Waals surface area contributed by atoms with Crippen LogP contribution in [0.3, 0.4) is 0 Å². The van der Waals surface area contributed by atoms with Gasteiger partial charge in [0, 0.05) is 5.70 Å². The van der Waals surface area contributed by atoms with Crippen molar-refractivity contribution in [2.24, 2.45) is 5.73 Å². The number of nitrogens with one attached hydrogen (secondary N) is 1. The molecule has 160 valence electrons. The van der Waals surface area contributed by atoms with E-state index >= 15 is 0 Å². The number of aryl methyl sites for hydroxylation is 1. The number of fused-ring (bicyclic) bond motifs is 1. The molecule has 0 saturated carbocycles. The third kappa shape index (κ3) is 4.00. The van der Waals surface area contributed by atoms with E-state index in [1.807, 2.05) is 43.3 Å². The van der Waals surface area contributed by atoms with Crippen LogP contribution >= 0.6 is 15.9 Å². The Kier molecular flexibility index (Phi) is 5.69. The minimum absolute atomic E-state index is 0.390. The molecule has 2 aromatic carbocycles. The molecule has 1 amide bonds. The Bertz CT molecular complexity index is 1170. The second-order valence-corrected chi connectivity index (χ2v) is 8.12. The first kappa shape index (κ1) is 20.9. The predicted octanol–water partition coefficient (Wildman–Crippen LogP) is 3.71. The standard InChI is InChI=1S/C22H22BrN5O3/c1-12-4-6-14(7-5-12)10-31-20-16(23)8-15(9-17(20)30-3)19-18(21(24)29)13(2)27-22-25-11-26-28(19)22/h4-9,11,19H,10H2,1-3H3,(H2,24,29)(H,25,26,27)/t19-/m0/s1. The molecule has 3 N–H and O–H groups in total. The molecule has 2 heterocycles. The number of aromatic nitrogens is 3. The summed E-state index contributed by atoms with van der Waals surface area (Å²) in [6, 6.07) is 11.3. The van der Waals surface area contributed by atoms with E-state index in [1.54, 1.807) is 18.7 Å². The highest BCUT2D eigenvalue weighted by Crippen LogP contribution is 2.42. The van der Waals surface area contributed by atoms with Gasteiger partial charge in [-0.05, 0) is 53.0 Å². The highest BCUT2D eigenvalue weighted by atomic mass is 79.9. The number of carbonyl (C=O) groups excluding carboxylic acids is 1. The monoisotopic (exact) mass is 483 g/mol. The number of rotatable bonds is 6. The molecule has 8 nitrogen and oxygen atoms in total. The van der Waals surface area contributed by atoms with Crippen molar-refractivity contribution in [3.8, 4) is 11.5 Å². The molecule has 31 heavy (non-hydrogen) atoms. The number of halogens is 1. The normalized spacial score (nSPS) is 15.3. The van der Waals surface area contributed by atoms with Gasteiger partial charge in [-0.1, -0.05) is 29.8 Å². The van der Waals surface area contributed by atoms with Crippen molar-refractivity contribution in [2.75, 3.05) is 12.4 Å². The molecule has 0 fully saturated rings. The lowest BCUT2D eigenvalue weighted by atomic mass is 9.95.